The molecule has 0 saturated heterocycles. The number of aromatic nitrogens is 1. The van der Waals surface area contributed by atoms with E-state index in [4.69, 9.17) is 9.63 Å². The molecule has 2 rings (SSSR count). The molecule has 0 atom stereocenters. The van der Waals surface area contributed by atoms with Crippen molar-refractivity contribution in [2.75, 3.05) is 0 Å². The Labute approximate surface area is 108 Å². The van der Waals surface area contributed by atoms with Gasteiger partial charge in [-0.25, -0.2) is 0 Å². The van der Waals surface area contributed by atoms with Gasteiger partial charge in [0.15, 0.2) is 5.76 Å². The maximum Gasteiger partial charge on any atom is 0.417 e. The molecule has 1 N–H and O–H groups in total. The molecule has 1 heterocycles. The summed E-state index contributed by atoms with van der Waals surface area (Å²) >= 11 is 2.88. The first-order valence-electron chi connectivity index (χ1n) is 4.85. The molecule has 0 aliphatic carbocycles. The zero-order valence-corrected chi connectivity index (χ0v) is 10.4. The van der Waals surface area contributed by atoms with E-state index in [9.17, 15) is 13.2 Å². The molecule has 0 unspecified atom stereocenters. The Balaban J connectivity index is 2.40. The molecular formula is C11H7BrF3NO2. The van der Waals surface area contributed by atoms with Crippen LogP contribution in [0.1, 0.15) is 11.3 Å². The second kappa shape index (κ2) is 4.74. The smallest absolute Gasteiger partial charge is 0.388 e. The van der Waals surface area contributed by atoms with Crippen LogP contribution in [0.5, 0.6) is 0 Å². The highest BCUT2D eigenvalue weighted by molar-refractivity contribution is 9.10. The van der Waals surface area contributed by atoms with Gasteiger partial charge in [0.05, 0.1) is 5.56 Å². The number of rotatable bonds is 2. The molecule has 0 saturated carbocycles. The molecule has 0 aliphatic rings. The van der Waals surface area contributed by atoms with Crippen molar-refractivity contribution in [2.24, 2.45) is 0 Å². The minimum absolute atomic E-state index is 0.0685. The molecule has 1 aromatic carbocycles. The zero-order chi connectivity index (χ0) is 13.3. The van der Waals surface area contributed by atoms with Gasteiger partial charge in [-0.1, -0.05) is 27.2 Å². The molecule has 0 amide bonds. The van der Waals surface area contributed by atoms with E-state index in [0.29, 0.717) is 11.3 Å². The fourth-order valence-corrected chi connectivity index (χ4v) is 2.03. The van der Waals surface area contributed by atoms with E-state index >= 15 is 0 Å². The molecule has 0 aliphatic heterocycles. The van der Waals surface area contributed by atoms with Crippen molar-refractivity contribution < 1.29 is 22.8 Å². The van der Waals surface area contributed by atoms with E-state index in [2.05, 4.69) is 21.1 Å². The van der Waals surface area contributed by atoms with Crippen LogP contribution in [0, 0.1) is 0 Å². The number of halogens is 4. The highest BCUT2D eigenvalue weighted by Crippen LogP contribution is 2.36. The van der Waals surface area contributed by atoms with Crippen molar-refractivity contribution in [2.45, 2.75) is 12.8 Å². The fourth-order valence-electron chi connectivity index (χ4n) is 1.43. The molecule has 0 radical (unpaired) electrons. The predicted octanol–water partition coefficient (Wildman–Crippen LogP) is 3.62. The van der Waals surface area contributed by atoms with Gasteiger partial charge in [-0.15, -0.1) is 0 Å². The largest absolute Gasteiger partial charge is 0.417 e. The number of hydrogen-bond donors (Lipinski definition) is 1. The molecular weight excluding hydrogens is 315 g/mol. The lowest BCUT2D eigenvalue weighted by Gasteiger charge is -2.09. The Morgan fingerprint density at radius 1 is 1.28 bits per heavy atom. The van der Waals surface area contributed by atoms with E-state index < -0.39 is 11.7 Å². The van der Waals surface area contributed by atoms with Gasteiger partial charge < -0.3 is 9.63 Å². The third-order valence-corrected chi connectivity index (χ3v) is 2.94. The summed E-state index contributed by atoms with van der Waals surface area (Å²) in [6.07, 6.45) is -4.41. The molecule has 1 aromatic heterocycles. The molecule has 0 spiro atoms. The molecule has 7 heteroatoms. The average molecular weight is 322 g/mol. The molecule has 18 heavy (non-hydrogen) atoms. The number of alkyl halides is 3. The normalized spacial score (nSPS) is 11.8. The number of benzene rings is 1. The summed E-state index contributed by atoms with van der Waals surface area (Å²) < 4.78 is 42.3. The van der Waals surface area contributed by atoms with Crippen molar-refractivity contribution >= 4 is 15.9 Å². The average Bonchev–Trinajstić information content (AvgIpc) is 2.75. The highest BCUT2D eigenvalue weighted by atomic mass is 79.9. The summed E-state index contributed by atoms with van der Waals surface area (Å²) in [5.41, 5.74) is 0.0870. The van der Waals surface area contributed by atoms with Gasteiger partial charge in [0.1, 0.15) is 12.3 Å². The van der Waals surface area contributed by atoms with E-state index in [1.165, 1.54) is 18.2 Å². The summed E-state index contributed by atoms with van der Waals surface area (Å²) in [6.45, 7) is -0.311. The summed E-state index contributed by atoms with van der Waals surface area (Å²) in [5, 5.41) is 12.5. The van der Waals surface area contributed by atoms with Crippen molar-refractivity contribution in [3.63, 3.8) is 0 Å². The predicted molar refractivity (Wildman–Crippen MR) is 60.6 cm³/mol. The summed E-state index contributed by atoms with van der Waals surface area (Å²) in [6, 6.07) is 5.04. The molecule has 0 fully saturated rings. The lowest BCUT2D eigenvalue weighted by atomic mass is 10.1. The summed E-state index contributed by atoms with van der Waals surface area (Å²) in [7, 11) is 0. The Morgan fingerprint density at radius 2 is 2.00 bits per heavy atom. The van der Waals surface area contributed by atoms with Gasteiger partial charge in [0.25, 0.3) is 0 Å². The minimum atomic E-state index is -4.41. The minimum Gasteiger partial charge on any atom is -0.388 e. The monoisotopic (exact) mass is 321 g/mol. The Hall–Kier alpha value is -1.34. The van der Waals surface area contributed by atoms with Gasteiger partial charge in [-0.2, -0.15) is 13.2 Å². The van der Waals surface area contributed by atoms with Gasteiger partial charge in [-0.05, 0) is 12.1 Å². The van der Waals surface area contributed by atoms with Crippen molar-refractivity contribution in [3.05, 3.63) is 40.1 Å². The van der Waals surface area contributed by atoms with Crippen molar-refractivity contribution in [3.8, 4) is 11.3 Å². The standard InChI is InChI=1S/C11H7BrF3NO2/c12-9-3-6(1-2-8(9)11(13,14)15)10-4-7(5-17)18-16-10/h1-4,17H,5H2. The number of hydrogen-bond acceptors (Lipinski definition) is 3. The first-order chi connectivity index (χ1) is 8.41. The first-order valence-corrected chi connectivity index (χ1v) is 5.64. The molecule has 0 bridgehead atoms. The lowest BCUT2D eigenvalue weighted by Crippen LogP contribution is -2.05. The first kappa shape index (κ1) is 13.1. The SMILES string of the molecule is OCc1cc(-c2ccc(C(F)(F)F)c(Br)c2)no1. The number of aliphatic hydroxyl groups is 1. The second-order valence-corrected chi connectivity index (χ2v) is 4.38. The van der Waals surface area contributed by atoms with Crippen LogP contribution >= 0.6 is 15.9 Å². The number of aliphatic hydroxyl groups excluding tert-OH is 1. The van der Waals surface area contributed by atoms with Crippen LogP contribution in [-0.4, -0.2) is 10.3 Å². The Kier molecular flexibility index (Phi) is 3.45. The topological polar surface area (TPSA) is 46.3 Å². The highest BCUT2D eigenvalue weighted by Gasteiger charge is 2.32. The number of nitrogens with zero attached hydrogens (tertiary/aromatic N) is 1. The van der Waals surface area contributed by atoms with Crippen LogP contribution in [0.15, 0.2) is 33.3 Å². The van der Waals surface area contributed by atoms with E-state index in [-0.39, 0.29) is 16.8 Å². The van der Waals surface area contributed by atoms with Crippen LogP contribution in [0.3, 0.4) is 0 Å². The Bertz CT molecular complexity index is 566. The van der Waals surface area contributed by atoms with E-state index in [0.717, 1.165) is 6.07 Å². The van der Waals surface area contributed by atoms with Crippen LogP contribution in [0.25, 0.3) is 11.3 Å². The molecule has 2 aromatic rings. The van der Waals surface area contributed by atoms with Crippen molar-refractivity contribution in [1.29, 1.82) is 0 Å². The van der Waals surface area contributed by atoms with Crippen LogP contribution < -0.4 is 0 Å². The Morgan fingerprint density at radius 3 is 2.50 bits per heavy atom. The quantitative estimate of drug-likeness (QED) is 0.919. The van der Waals surface area contributed by atoms with Crippen molar-refractivity contribution in [1.82, 2.24) is 5.16 Å². The third-order valence-electron chi connectivity index (χ3n) is 2.29. The van der Waals surface area contributed by atoms with Gasteiger partial charge in [0.2, 0.25) is 0 Å². The lowest BCUT2D eigenvalue weighted by molar-refractivity contribution is -0.138. The molecule has 96 valence electrons. The zero-order valence-electron chi connectivity index (χ0n) is 8.83. The maximum atomic E-state index is 12.5. The maximum absolute atomic E-state index is 12.5. The van der Waals surface area contributed by atoms with Gasteiger partial charge in [0, 0.05) is 16.1 Å². The summed E-state index contributed by atoms with van der Waals surface area (Å²) in [5.74, 6) is 0.251. The van der Waals surface area contributed by atoms with Crippen LogP contribution in [0.2, 0.25) is 0 Å². The third kappa shape index (κ3) is 2.56. The molecule has 3 nitrogen and oxygen atoms in total. The second-order valence-electron chi connectivity index (χ2n) is 3.53. The summed E-state index contributed by atoms with van der Waals surface area (Å²) in [4.78, 5) is 0. The van der Waals surface area contributed by atoms with Gasteiger partial charge in [-0.3, -0.25) is 0 Å². The van der Waals surface area contributed by atoms with Gasteiger partial charge >= 0.3 is 6.18 Å². The van der Waals surface area contributed by atoms with Crippen LogP contribution in [0.4, 0.5) is 13.2 Å². The van der Waals surface area contributed by atoms with E-state index in [1.54, 1.807) is 0 Å². The van der Waals surface area contributed by atoms with E-state index in [1.807, 2.05) is 0 Å². The van der Waals surface area contributed by atoms with Crippen LogP contribution in [-0.2, 0) is 12.8 Å². The fraction of sp³-hybridized carbons (Fsp3) is 0.182.